The molecule has 0 radical (unpaired) electrons. The molecule has 26 heavy (non-hydrogen) atoms. The van der Waals surface area contributed by atoms with Crippen molar-refractivity contribution in [1.29, 1.82) is 0 Å². The van der Waals surface area contributed by atoms with Crippen molar-refractivity contribution in [2.24, 2.45) is 11.3 Å². The quantitative estimate of drug-likeness (QED) is 0.861. The number of benzene rings is 1. The minimum Gasteiger partial charge on any atom is -0.486 e. The standard InChI is InChI=1S/C19H24N2O5/c1-19(17(22)23)6-7-21(11-19)18(24)20-16(12-2-3-12)13-4-5-14-15(10-13)26-9-8-25-14/h4-5,10,12,16H,2-3,6-9,11H2,1H3,(H,20,24)(H,22,23). The minimum absolute atomic E-state index is 0.0880. The van der Waals surface area contributed by atoms with Crippen LogP contribution in [-0.2, 0) is 4.79 Å². The van der Waals surface area contributed by atoms with Crippen molar-refractivity contribution >= 4 is 12.0 Å². The molecule has 1 aromatic rings. The van der Waals surface area contributed by atoms with Gasteiger partial charge in [-0.15, -0.1) is 0 Å². The van der Waals surface area contributed by atoms with Crippen LogP contribution in [0.4, 0.5) is 4.79 Å². The second-order valence-electron chi connectivity index (χ2n) is 7.71. The van der Waals surface area contributed by atoms with Crippen LogP contribution in [-0.4, -0.2) is 48.3 Å². The number of fused-ring (bicyclic) bond motifs is 1. The molecule has 3 aliphatic rings. The molecule has 2 amide bonds. The number of amides is 2. The number of likely N-dealkylation sites (tertiary alicyclic amines) is 1. The minimum atomic E-state index is -0.858. The van der Waals surface area contributed by atoms with Gasteiger partial charge in [-0.2, -0.15) is 0 Å². The summed E-state index contributed by atoms with van der Waals surface area (Å²) in [5.74, 6) is 1.01. The van der Waals surface area contributed by atoms with Crippen LogP contribution in [0.25, 0.3) is 0 Å². The van der Waals surface area contributed by atoms with Crippen molar-refractivity contribution in [3.8, 4) is 11.5 Å². The number of aliphatic carboxylic acids is 1. The summed E-state index contributed by atoms with van der Waals surface area (Å²) in [7, 11) is 0. The highest BCUT2D eigenvalue weighted by molar-refractivity contribution is 5.79. The van der Waals surface area contributed by atoms with Gasteiger partial charge in [-0.3, -0.25) is 4.79 Å². The number of rotatable bonds is 4. The summed E-state index contributed by atoms with van der Waals surface area (Å²) in [5, 5.41) is 12.5. The van der Waals surface area contributed by atoms with E-state index in [1.54, 1.807) is 11.8 Å². The van der Waals surface area contributed by atoms with E-state index in [1.807, 2.05) is 18.2 Å². The maximum atomic E-state index is 12.7. The van der Waals surface area contributed by atoms with Gasteiger partial charge in [0.25, 0.3) is 0 Å². The smallest absolute Gasteiger partial charge is 0.317 e. The van der Waals surface area contributed by atoms with Crippen molar-refractivity contribution < 1.29 is 24.2 Å². The Labute approximate surface area is 152 Å². The summed E-state index contributed by atoms with van der Waals surface area (Å²) in [6.07, 6.45) is 2.63. The molecule has 7 nitrogen and oxygen atoms in total. The zero-order valence-electron chi connectivity index (χ0n) is 14.9. The lowest BCUT2D eigenvalue weighted by Gasteiger charge is -2.26. The highest BCUT2D eigenvalue weighted by Crippen LogP contribution is 2.43. The van der Waals surface area contributed by atoms with Gasteiger partial charge in [0.05, 0.1) is 11.5 Å². The van der Waals surface area contributed by atoms with Gasteiger partial charge in [-0.1, -0.05) is 6.07 Å². The SMILES string of the molecule is CC1(C(=O)O)CCN(C(=O)NC(c2ccc3c(c2)OCCO3)C2CC2)C1. The largest absolute Gasteiger partial charge is 0.486 e. The van der Waals surface area contributed by atoms with Gasteiger partial charge in [0.2, 0.25) is 0 Å². The topological polar surface area (TPSA) is 88.1 Å². The van der Waals surface area contributed by atoms with E-state index < -0.39 is 11.4 Å². The van der Waals surface area contributed by atoms with Gasteiger partial charge in [0.15, 0.2) is 11.5 Å². The predicted molar refractivity (Wildman–Crippen MR) is 93.4 cm³/mol. The number of ether oxygens (including phenoxy) is 2. The van der Waals surface area contributed by atoms with Gasteiger partial charge in [0, 0.05) is 13.1 Å². The first kappa shape index (κ1) is 17.0. The van der Waals surface area contributed by atoms with E-state index >= 15 is 0 Å². The number of urea groups is 1. The molecule has 4 rings (SSSR count). The van der Waals surface area contributed by atoms with Crippen molar-refractivity contribution in [2.75, 3.05) is 26.3 Å². The Kier molecular flexibility index (Phi) is 4.17. The molecule has 1 saturated heterocycles. The molecule has 7 heteroatoms. The molecule has 2 aliphatic heterocycles. The molecular formula is C19H24N2O5. The maximum absolute atomic E-state index is 12.7. The van der Waals surface area contributed by atoms with E-state index in [1.165, 1.54) is 0 Å². The normalized spacial score (nSPS) is 25.7. The fourth-order valence-corrected chi connectivity index (χ4v) is 3.69. The fraction of sp³-hybridized carbons (Fsp3) is 0.579. The van der Waals surface area contributed by atoms with Gasteiger partial charge in [-0.05, 0) is 49.8 Å². The average Bonchev–Trinajstić information content (AvgIpc) is 3.40. The third-order valence-corrected chi connectivity index (χ3v) is 5.57. The predicted octanol–water partition coefficient (Wildman–Crippen LogP) is 2.42. The zero-order chi connectivity index (χ0) is 18.3. The molecule has 2 heterocycles. The summed E-state index contributed by atoms with van der Waals surface area (Å²) in [6, 6.07) is 5.53. The zero-order valence-corrected chi connectivity index (χ0v) is 14.9. The van der Waals surface area contributed by atoms with Gasteiger partial charge < -0.3 is 24.8 Å². The van der Waals surface area contributed by atoms with E-state index in [0.29, 0.717) is 37.8 Å². The first-order valence-electron chi connectivity index (χ1n) is 9.15. The highest BCUT2D eigenvalue weighted by Gasteiger charge is 2.43. The molecule has 2 unspecified atom stereocenters. The molecule has 0 spiro atoms. The number of carbonyl (C=O) groups excluding carboxylic acids is 1. The van der Waals surface area contributed by atoms with Gasteiger partial charge in [0.1, 0.15) is 13.2 Å². The molecule has 2 N–H and O–H groups in total. The Hall–Kier alpha value is -2.44. The van der Waals surface area contributed by atoms with Crippen molar-refractivity contribution in [3.63, 3.8) is 0 Å². The fourth-order valence-electron chi connectivity index (χ4n) is 3.69. The van der Waals surface area contributed by atoms with Crippen molar-refractivity contribution in [2.45, 2.75) is 32.2 Å². The summed E-state index contributed by atoms with van der Waals surface area (Å²) in [4.78, 5) is 25.7. The molecule has 140 valence electrons. The maximum Gasteiger partial charge on any atom is 0.317 e. The molecule has 1 aromatic carbocycles. The molecule has 1 saturated carbocycles. The molecular weight excluding hydrogens is 336 g/mol. The van der Waals surface area contributed by atoms with Crippen LogP contribution < -0.4 is 14.8 Å². The Morgan fingerprint density at radius 1 is 1.27 bits per heavy atom. The average molecular weight is 360 g/mol. The van der Waals surface area contributed by atoms with Crippen LogP contribution in [0.5, 0.6) is 11.5 Å². The van der Waals surface area contributed by atoms with Crippen LogP contribution in [0.1, 0.15) is 37.8 Å². The van der Waals surface area contributed by atoms with E-state index in [-0.39, 0.29) is 18.6 Å². The van der Waals surface area contributed by atoms with E-state index in [9.17, 15) is 14.7 Å². The first-order valence-corrected chi connectivity index (χ1v) is 9.15. The number of carboxylic acid groups (broad SMARTS) is 1. The number of carboxylic acids is 1. The van der Waals surface area contributed by atoms with Gasteiger partial charge in [-0.25, -0.2) is 4.79 Å². The number of hydrogen-bond acceptors (Lipinski definition) is 4. The number of carbonyl (C=O) groups is 2. The lowest BCUT2D eigenvalue weighted by Crippen LogP contribution is -2.42. The van der Waals surface area contributed by atoms with Crippen LogP contribution in [0.3, 0.4) is 0 Å². The summed E-state index contributed by atoms with van der Waals surface area (Å²) >= 11 is 0. The lowest BCUT2D eigenvalue weighted by molar-refractivity contribution is -0.147. The second-order valence-corrected chi connectivity index (χ2v) is 7.71. The summed E-state index contributed by atoms with van der Waals surface area (Å²) < 4.78 is 11.2. The molecule has 0 aromatic heterocycles. The van der Waals surface area contributed by atoms with Crippen molar-refractivity contribution in [1.82, 2.24) is 10.2 Å². The molecule has 0 bridgehead atoms. The van der Waals surface area contributed by atoms with Crippen LogP contribution in [0, 0.1) is 11.3 Å². The molecule has 2 fully saturated rings. The number of nitrogens with one attached hydrogen (secondary N) is 1. The Bertz CT molecular complexity index is 733. The lowest BCUT2D eigenvalue weighted by atomic mass is 9.90. The monoisotopic (exact) mass is 360 g/mol. The summed E-state index contributed by atoms with van der Waals surface area (Å²) in [6.45, 7) is 3.48. The Morgan fingerprint density at radius 2 is 2.00 bits per heavy atom. The molecule has 2 atom stereocenters. The van der Waals surface area contributed by atoms with Gasteiger partial charge >= 0.3 is 12.0 Å². The summed E-state index contributed by atoms with van der Waals surface area (Å²) in [5.41, 5.74) is 0.147. The van der Waals surface area contributed by atoms with E-state index in [4.69, 9.17) is 9.47 Å². The van der Waals surface area contributed by atoms with Crippen LogP contribution in [0.15, 0.2) is 18.2 Å². The molecule has 1 aliphatic carbocycles. The van der Waals surface area contributed by atoms with Crippen LogP contribution >= 0.6 is 0 Å². The Morgan fingerprint density at radius 3 is 2.65 bits per heavy atom. The second kappa shape index (κ2) is 6.37. The van der Waals surface area contributed by atoms with Crippen LogP contribution in [0.2, 0.25) is 0 Å². The third kappa shape index (κ3) is 3.18. The van der Waals surface area contributed by atoms with Crippen molar-refractivity contribution in [3.05, 3.63) is 23.8 Å². The number of nitrogens with zero attached hydrogens (tertiary/aromatic N) is 1. The Balaban J connectivity index is 1.48. The first-order chi connectivity index (χ1) is 12.5. The van der Waals surface area contributed by atoms with E-state index in [0.717, 1.165) is 24.2 Å². The number of hydrogen-bond donors (Lipinski definition) is 2. The highest BCUT2D eigenvalue weighted by atomic mass is 16.6. The third-order valence-electron chi connectivity index (χ3n) is 5.57. The van der Waals surface area contributed by atoms with E-state index in [2.05, 4.69) is 5.32 Å².